The van der Waals surface area contributed by atoms with Gasteiger partial charge in [-0.15, -0.1) is 0 Å². The number of amidine groups is 1. The Labute approximate surface area is 105 Å². The molecular formula is C12H13ClN4. The quantitative estimate of drug-likeness (QED) is 0.592. The summed E-state index contributed by atoms with van der Waals surface area (Å²) in [5.41, 5.74) is 5.73. The molecule has 0 saturated carbocycles. The van der Waals surface area contributed by atoms with E-state index in [0.29, 0.717) is 12.3 Å². The van der Waals surface area contributed by atoms with Crippen molar-refractivity contribution in [2.75, 3.05) is 0 Å². The number of nitrogens with zero attached hydrogens (tertiary/aromatic N) is 2. The zero-order valence-corrected chi connectivity index (χ0v) is 10.2. The van der Waals surface area contributed by atoms with Gasteiger partial charge in [0.25, 0.3) is 0 Å². The average Bonchev–Trinajstić information content (AvgIpc) is 2.35. The summed E-state index contributed by atoms with van der Waals surface area (Å²) in [4.78, 5) is 0. The van der Waals surface area contributed by atoms with Gasteiger partial charge in [0.15, 0.2) is 0 Å². The number of hydrogen-bond acceptors (Lipinski definition) is 3. The van der Waals surface area contributed by atoms with Gasteiger partial charge in [-0.1, -0.05) is 29.8 Å². The third-order valence-electron chi connectivity index (χ3n) is 2.57. The molecule has 0 unspecified atom stereocenters. The highest BCUT2D eigenvalue weighted by Crippen LogP contribution is 2.21. The van der Waals surface area contributed by atoms with Crippen LogP contribution in [0.5, 0.6) is 0 Å². The number of nitrogens with one attached hydrogen (secondary N) is 1. The highest BCUT2D eigenvalue weighted by Gasteiger charge is 2.13. The Bertz CT molecular complexity index is 517. The lowest BCUT2D eigenvalue weighted by Crippen LogP contribution is -2.27. The Kier molecular flexibility index (Phi) is 3.44. The van der Waals surface area contributed by atoms with E-state index >= 15 is 0 Å². The predicted molar refractivity (Wildman–Crippen MR) is 71.9 cm³/mol. The van der Waals surface area contributed by atoms with Crippen molar-refractivity contribution in [2.45, 2.75) is 13.3 Å². The minimum Gasteiger partial charge on any atom is -0.322 e. The standard InChI is InChI=1S/C12H13ClN4/c1-8-10(7-12(15-14)17-16-8)6-9-4-2-3-5-11(9)13/h2-6H,7,14H2,1H3,(H,15,17)/b10-6+. The van der Waals surface area contributed by atoms with Crippen molar-refractivity contribution in [1.82, 2.24) is 5.43 Å². The minimum atomic E-state index is 0.636. The molecule has 0 fully saturated rings. The smallest absolute Gasteiger partial charge is 0.146 e. The van der Waals surface area contributed by atoms with Crippen LogP contribution in [0.25, 0.3) is 6.08 Å². The first-order valence-electron chi connectivity index (χ1n) is 5.23. The van der Waals surface area contributed by atoms with Crippen LogP contribution in [0.4, 0.5) is 0 Å². The van der Waals surface area contributed by atoms with Crippen LogP contribution in [0, 0.1) is 0 Å². The van der Waals surface area contributed by atoms with E-state index in [1.807, 2.05) is 37.3 Å². The van der Waals surface area contributed by atoms with Gasteiger partial charge in [0.05, 0.1) is 5.71 Å². The van der Waals surface area contributed by atoms with Gasteiger partial charge in [0.1, 0.15) is 5.84 Å². The molecule has 0 aliphatic carbocycles. The van der Waals surface area contributed by atoms with Gasteiger partial charge in [-0.3, -0.25) is 5.43 Å². The third-order valence-corrected chi connectivity index (χ3v) is 2.91. The lowest BCUT2D eigenvalue weighted by atomic mass is 10.0. The highest BCUT2D eigenvalue weighted by molar-refractivity contribution is 6.32. The molecule has 0 radical (unpaired) electrons. The largest absolute Gasteiger partial charge is 0.322 e. The van der Waals surface area contributed by atoms with Crippen LogP contribution in [0.15, 0.2) is 40.0 Å². The fourth-order valence-corrected chi connectivity index (χ4v) is 1.77. The molecule has 17 heavy (non-hydrogen) atoms. The maximum Gasteiger partial charge on any atom is 0.146 e. The van der Waals surface area contributed by atoms with E-state index in [2.05, 4.69) is 15.6 Å². The number of halogens is 1. The van der Waals surface area contributed by atoms with Crippen LogP contribution in [0.2, 0.25) is 5.02 Å². The second kappa shape index (κ2) is 5.01. The number of nitrogens with two attached hydrogens (primary N) is 1. The normalized spacial score (nSPS) is 20.2. The molecule has 1 aliphatic heterocycles. The molecule has 4 nitrogen and oxygen atoms in total. The van der Waals surface area contributed by atoms with Crippen LogP contribution in [-0.4, -0.2) is 11.5 Å². The molecule has 0 aromatic heterocycles. The van der Waals surface area contributed by atoms with Crippen LogP contribution in [0.1, 0.15) is 18.9 Å². The molecule has 0 amide bonds. The van der Waals surface area contributed by atoms with E-state index in [4.69, 9.17) is 17.4 Å². The summed E-state index contributed by atoms with van der Waals surface area (Å²) in [7, 11) is 0. The average molecular weight is 249 g/mol. The highest BCUT2D eigenvalue weighted by atomic mass is 35.5. The van der Waals surface area contributed by atoms with E-state index < -0.39 is 0 Å². The van der Waals surface area contributed by atoms with Crippen LogP contribution < -0.4 is 11.3 Å². The van der Waals surface area contributed by atoms with Gasteiger partial charge >= 0.3 is 0 Å². The van der Waals surface area contributed by atoms with E-state index in [0.717, 1.165) is 21.9 Å². The Balaban J connectivity index is 2.37. The number of hydrogen-bond donors (Lipinski definition) is 2. The molecule has 0 atom stereocenters. The number of rotatable bonds is 1. The monoisotopic (exact) mass is 248 g/mol. The predicted octanol–water partition coefficient (Wildman–Crippen LogP) is 2.36. The van der Waals surface area contributed by atoms with E-state index in [1.165, 1.54) is 0 Å². The number of hydrazone groups is 2. The summed E-state index contributed by atoms with van der Waals surface area (Å²) in [5.74, 6) is 5.88. The first-order chi connectivity index (χ1) is 8.20. The van der Waals surface area contributed by atoms with Crippen molar-refractivity contribution in [1.29, 1.82) is 0 Å². The van der Waals surface area contributed by atoms with E-state index in [-0.39, 0.29) is 0 Å². The third kappa shape index (κ3) is 2.65. The summed E-state index contributed by atoms with van der Waals surface area (Å²) in [5, 5.41) is 8.47. The molecule has 1 aromatic rings. The van der Waals surface area contributed by atoms with Crippen molar-refractivity contribution in [3.8, 4) is 0 Å². The molecule has 1 aliphatic rings. The molecule has 1 aromatic carbocycles. The van der Waals surface area contributed by atoms with Gasteiger partial charge in [-0.05, 0) is 30.2 Å². The maximum absolute atomic E-state index is 6.11. The summed E-state index contributed by atoms with van der Waals surface area (Å²) in [6, 6.07) is 7.67. The van der Waals surface area contributed by atoms with Gasteiger partial charge in [-0.2, -0.15) is 10.2 Å². The second-order valence-electron chi connectivity index (χ2n) is 3.75. The summed E-state index contributed by atoms with van der Waals surface area (Å²) in [6.07, 6.45) is 2.64. The Morgan fingerprint density at radius 3 is 2.94 bits per heavy atom. The topological polar surface area (TPSA) is 62.8 Å². The zero-order valence-electron chi connectivity index (χ0n) is 9.44. The molecule has 2 rings (SSSR count). The Morgan fingerprint density at radius 1 is 1.47 bits per heavy atom. The number of benzene rings is 1. The first kappa shape index (κ1) is 11.7. The molecule has 0 spiro atoms. The molecule has 5 heteroatoms. The molecule has 1 heterocycles. The van der Waals surface area contributed by atoms with E-state index in [9.17, 15) is 0 Å². The summed E-state index contributed by atoms with van der Waals surface area (Å²) >= 11 is 6.11. The van der Waals surface area contributed by atoms with Crippen LogP contribution >= 0.6 is 11.6 Å². The summed E-state index contributed by atoms with van der Waals surface area (Å²) in [6.45, 7) is 1.93. The van der Waals surface area contributed by atoms with Gasteiger partial charge in [0.2, 0.25) is 0 Å². The molecule has 0 saturated heterocycles. The van der Waals surface area contributed by atoms with Crippen LogP contribution in [-0.2, 0) is 0 Å². The second-order valence-corrected chi connectivity index (χ2v) is 4.16. The minimum absolute atomic E-state index is 0.636. The van der Waals surface area contributed by atoms with Crippen molar-refractivity contribution < 1.29 is 0 Å². The first-order valence-corrected chi connectivity index (χ1v) is 5.61. The lowest BCUT2D eigenvalue weighted by Gasteiger charge is -2.15. The van der Waals surface area contributed by atoms with Gasteiger partial charge in [-0.25, -0.2) is 0 Å². The lowest BCUT2D eigenvalue weighted by molar-refractivity contribution is 0.944. The van der Waals surface area contributed by atoms with E-state index in [1.54, 1.807) is 0 Å². The van der Waals surface area contributed by atoms with Gasteiger partial charge in [0, 0.05) is 11.4 Å². The van der Waals surface area contributed by atoms with Gasteiger partial charge < -0.3 is 5.84 Å². The van der Waals surface area contributed by atoms with Crippen molar-refractivity contribution in [3.05, 3.63) is 40.4 Å². The Hall–Kier alpha value is -1.81. The SMILES string of the molecule is CC1=NN/C(=N\N)C/C1=C\c1ccccc1Cl. The van der Waals surface area contributed by atoms with Crippen LogP contribution in [0.3, 0.4) is 0 Å². The van der Waals surface area contributed by atoms with Crippen molar-refractivity contribution in [2.24, 2.45) is 16.0 Å². The maximum atomic E-state index is 6.11. The fraction of sp³-hybridized carbons (Fsp3) is 0.167. The zero-order chi connectivity index (χ0) is 12.3. The molecule has 3 N–H and O–H groups in total. The molecule has 0 bridgehead atoms. The van der Waals surface area contributed by atoms with Crippen molar-refractivity contribution in [3.63, 3.8) is 0 Å². The fourth-order valence-electron chi connectivity index (χ4n) is 1.58. The molecular weight excluding hydrogens is 236 g/mol. The molecule has 88 valence electrons. The Morgan fingerprint density at radius 2 is 2.24 bits per heavy atom. The summed E-state index contributed by atoms with van der Waals surface area (Å²) < 4.78 is 0. The van der Waals surface area contributed by atoms with Crippen molar-refractivity contribution >= 4 is 29.2 Å².